The van der Waals surface area contributed by atoms with Crippen molar-refractivity contribution in [2.45, 2.75) is 13.8 Å². The molecular formula is C32H34N2P2. The zero-order valence-electron chi connectivity index (χ0n) is 21.2. The van der Waals surface area contributed by atoms with Gasteiger partial charge in [-0.25, -0.2) is 0 Å². The maximum absolute atomic E-state index is 4.94. The van der Waals surface area contributed by atoms with Crippen LogP contribution in [0.15, 0.2) is 131 Å². The molecule has 0 N–H and O–H groups in total. The van der Waals surface area contributed by atoms with Crippen molar-refractivity contribution in [1.29, 1.82) is 0 Å². The van der Waals surface area contributed by atoms with Gasteiger partial charge < -0.3 is 0 Å². The SMILES string of the molecule is CC(=NCCP(c1ccccc1)c1ccccc1)C(C)=NCCP(c1ccccc1)c1ccccc1. The van der Waals surface area contributed by atoms with E-state index < -0.39 is 15.8 Å². The lowest BCUT2D eigenvalue weighted by molar-refractivity contribution is 1.12. The third-order valence-corrected chi connectivity index (χ3v) is 11.1. The van der Waals surface area contributed by atoms with Gasteiger partial charge in [0.2, 0.25) is 0 Å². The molecule has 0 aliphatic carbocycles. The van der Waals surface area contributed by atoms with Crippen LogP contribution < -0.4 is 21.2 Å². The lowest BCUT2D eigenvalue weighted by atomic mass is 10.3. The van der Waals surface area contributed by atoms with Gasteiger partial charge in [0.15, 0.2) is 0 Å². The maximum atomic E-state index is 4.94. The molecule has 2 nitrogen and oxygen atoms in total. The van der Waals surface area contributed by atoms with Crippen LogP contribution in [0.3, 0.4) is 0 Å². The molecular weight excluding hydrogens is 474 g/mol. The molecule has 4 aromatic carbocycles. The summed E-state index contributed by atoms with van der Waals surface area (Å²) in [7, 11) is -0.833. The van der Waals surface area contributed by atoms with Crippen molar-refractivity contribution in [2.75, 3.05) is 25.4 Å². The van der Waals surface area contributed by atoms with E-state index in [1.165, 1.54) is 21.2 Å². The van der Waals surface area contributed by atoms with Gasteiger partial charge >= 0.3 is 0 Å². The normalized spacial score (nSPS) is 12.3. The summed E-state index contributed by atoms with van der Waals surface area (Å²) < 4.78 is 0. The smallest absolute Gasteiger partial charge is 0.0524 e. The summed E-state index contributed by atoms with van der Waals surface area (Å²) in [6, 6.07) is 43.5. The van der Waals surface area contributed by atoms with Gasteiger partial charge in [-0.1, -0.05) is 121 Å². The number of aliphatic imine (C=N–C) groups is 2. The van der Waals surface area contributed by atoms with Crippen molar-refractivity contribution in [3.8, 4) is 0 Å². The molecule has 0 aromatic heterocycles. The van der Waals surface area contributed by atoms with Crippen molar-refractivity contribution in [3.63, 3.8) is 0 Å². The highest BCUT2D eigenvalue weighted by molar-refractivity contribution is 7.73. The summed E-state index contributed by atoms with van der Waals surface area (Å²) in [5, 5.41) is 5.64. The molecule has 0 bridgehead atoms. The van der Waals surface area contributed by atoms with Crippen LogP contribution in [0.25, 0.3) is 0 Å². The highest BCUT2D eigenvalue weighted by atomic mass is 31.1. The van der Waals surface area contributed by atoms with Gasteiger partial charge in [-0.05, 0) is 63.2 Å². The van der Waals surface area contributed by atoms with Crippen LogP contribution >= 0.6 is 15.8 Å². The minimum Gasteiger partial charge on any atom is -0.288 e. The fourth-order valence-electron chi connectivity index (χ4n) is 4.11. The van der Waals surface area contributed by atoms with Crippen LogP contribution in [0, 0.1) is 0 Å². The molecule has 0 spiro atoms. The van der Waals surface area contributed by atoms with E-state index in [0.717, 1.165) is 36.8 Å². The summed E-state index contributed by atoms with van der Waals surface area (Å²) in [5.74, 6) is 0. The fourth-order valence-corrected chi connectivity index (χ4v) is 8.47. The molecule has 182 valence electrons. The highest BCUT2D eigenvalue weighted by Gasteiger charge is 2.14. The average molecular weight is 509 g/mol. The molecule has 0 atom stereocenters. The molecule has 0 unspecified atom stereocenters. The van der Waals surface area contributed by atoms with E-state index in [2.05, 4.69) is 135 Å². The number of benzene rings is 4. The average Bonchev–Trinajstić information content (AvgIpc) is 2.95. The number of nitrogens with zero attached hydrogens (tertiary/aromatic N) is 2. The largest absolute Gasteiger partial charge is 0.288 e. The Morgan fingerprint density at radius 1 is 0.444 bits per heavy atom. The minimum absolute atomic E-state index is 0.416. The van der Waals surface area contributed by atoms with Crippen LogP contribution in [0.2, 0.25) is 0 Å². The van der Waals surface area contributed by atoms with Crippen molar-refractivity contribution < 1.29 is 0 Å². The van der Waals surface area contributed by atoms with Gasteiger partial charge in [0.1, 0.15) is 0 Å². The molecule has 0 radical (unpaired) electrons. The van der Waals surface area contributed by atoms with Gasteiger partial charge in [-0.2, -0.15) is 0 Å². The molecule has 4 rings (SSSR count). The molecule has 0 saturated heterocycles. The third kappa shape index (κ3) is 7.54. The van der Waals surface area contributed by atoms with Crippen LogP contribution in [-0.4, -0.2) is 36.8 Å². The second kappa shape index (κ2) is 14.0. The summed E-state index contributed by atoms with van der Waals surface area (Å²) in [4.78, 5) is 9.87. The quantitative estimate of drug-likeness (QED) is 0.171. The van der Waals surface area contributed by atoms with E-state index in [4.69, 9.17) is 9.98 Å². The standard InChI is InChI=1S/C32H34N2P2/c1-27(33-23-25-35(29-15-7-3-8-16-29)30-17-9-4-10-18-30)28(2)34-24-26-36(31-19-11-5-12-20-31)32-21-13-6-14-22-32/h3-22H,23-26H2,1-2H3. The van der Waals surface area contributed by atoms with Gasteiger partial charge in [-0.3, -0.25) is 9.98 Å². The number of hydrogen-bond donors (Lipinski definition) is 0. The van der Waals surface area contributed by atoms with Crippen LogP contribution in [0.5, 0.6) is 0 Å². The second-order valence-corrected chi connectivity index (χ2v) is 13.3. The Kier molecular flexibility index (Phi) is 10.2. The van der Waals surface area contributed by atoms with E-state index in [1.54, 1.807) is 0 Å². The van der Waals surface area contributed by atoms with Crippen molar-refractivity contribution in [3.05, 3.63) is 121 Å². The van der Waals surface area contributed by atoms with Gasteiger partial charge in [0.05, 0.1) is 11.4 Å². The van der Waals surface area contributed by atoms with E-state index in [0.29, 0.717) is 0 Å². The Morgan fingerprint density at radius 2 is 0.694 bits per heavy atom. The third-order valence-electron chi connectivity index (χ3n) is 6.14. The van der Waals surface area contributed by atoms with Crippen molar-refractivity contribution >= 4 is 48.5 Å². The molecule has 0 fully saturated rings. The molecule has 36 heavy (non-hydrogen) atoms. The summed E-state index contributed by atoms with van der Waals surface area (Å²) in [6.45, 7) is 5.83. The van der Waals surface area contributed by atoms with E-state index in [9.17, 15) is 0 Å². The van der Waals surface area contributed by atoms with E-state index >= 15 is 0 Å². The molecule has 0 amide bonds. The fraction of sp³-hybridized carbons (Fsp3) is 0.188. The highest BCUT2D eigenvalue weighted by Crippen LogP contribution is 2.33. The Bertz CT molecular complexity index is 1060. The lowest BCUT2D eigenvalue weighted by Gasteiger charge is -2.18. The Hall–Kier alpha value is -2.92. The predicted octanol–water partition coefficient (Wildman–Crippen LogP) is 6.17. The first kappa shape index (κ1) is 26.2. The summed E-state index contributed by atoms with van der Waals surface area (Å²) in [5.41, 5.74) is 2.10. The second-order valence-electron chi connectivity index (χ2n) is 8.58. The molecule has 0 aliphatic heterocycles. The zero-order valence-corrected chi connectivity index (χ0v) is 23.0. The topological polar surface area (TPSA) is 24.7 Å². The monoisotopic (exact) mass is 508 g/mol. The molecule has 0 heterocycles. The van der Waals surface area contributed by atoms with Crippen LogP contribution in [-0.2, 0) is 0 Å². The first-order chi connectivity index (χ1) is 17.7. The minimum atomic E-state index is -0.416. The first-order valence-corrected chi connectivity index (χ1v) is 15.6. The van der Waals surface area contributed by atoms with Crippen LogP contribution in [0.4, 0.5) is 0 Å². The van der Waals surface area contributed by atoms with E-state index in [-0.39, 0.29) is 0 Å². The predicted molar refractivity (Wildman–Crippen MR) is 164 cm³/mol. The van der Waals surface area contributed by atoms with Gasteiger partial charge in [0, 0.05) is 13.1 Å². The zero-order chi connectivity index (χ0) is 25.0. The number of hydrogen-bond acceptors (Lipinski definition) is 2. The first-order valence-electron chi connectivity index (χ1n) is 12.5. The number of rotatable bonds is 11. The van der Waals surface area contributed by atoms with E-state index in [1.807, 2.05) is 0 Å². The lowest BCUT2D eigenvalue weighted by Crippen LogP contribution is -2.17. The van der Waals surface area contributed by atoms with Crippen molar-refractivity contribution in [1.82, 2.24) is 0 Å². The Labute approximate surface area is 218 Å². The summed E-state index contributed by atoms with van der Waals surface area (Å²) in [6.07, 6.45) is 2.09. The van der Waals surface area contributed by atoms with Crippen molar-refractivity contribution in [2.24, 2.45) is 9.98 Å². The summed E-state index contributed by atoms with van der Waals surface area (Å²) >= 11 is 0. The molecule has 4 aromatic rings. The molecule has 4 heteroatoms. The van der Waals surface area contributed by atoms with Gasteiger partial charge in [0.25, 0.3) is 0 Å². The molecule has 0 saturated carbocycles. The van der Waals surface area contributed by atoms with Crippen LogP contribution in [0.1, 0.15) is 13.8 Å². The van der Waals surface area contributed by atoms with Gasteiger partial charge in [-0.15, -0.1) is 0 Å². The Balaban J connectivity index is 1.39. The maximum Gasteiger partial charge on any atom is 0.0524 e. The molecule has 0 aliphatic rings. The Morgan fingerprint density at radius 3 is 0.944 bits per heavy atom.